The minimum absolute atomic E-state index is 0.00761. The summed E-state index contributed by atoms with van der Waals surface area (Å²) < 4.78 is 10.1. The van der Waals surface area contributed by atoms with E-state index in [1.54, 1.807) is 31.4 Å². The molecule has 1 aliphatic heterocycles. The predicted molar refractivity (Wildman–Crippen MR) is 130 cm³/mol. The molecule has 11 nitrogen and oxygen atoms in total. The Balaban J connectivity index is 2.23. The third-order valence-corrected chi connectivity index (χ3v) is 5.46. The molecule has 3 N–H and O–H groups in total. The zero-order valence-electron chi connectivity index (χ0n) is 21.3. The van der Waals surface area contributed by atoms with E-state index in [1.165, 1.54) is 16.9 Å². The summed E-state index contributed by atoms with van der Waals surface area (Å²) in [6.07, 6.45) is 0.185. The quantitative estimate of drug-likeness (QED) is 0.468. The second-order valence-corrected chi connectivity index (χ2v) is 9.00. The molecule has 0 bridgehead atoms. The maximum absolute atomic E-state index is 13.4. The first-order valence-corrected chi connectivity index (χ1v) is 11.7. The number of benzene rings is 1. The van der Waals surface area contributed by atoms with Crippen molar-refractivity contribution in [2.45, 2.75) is 58.3 Å². The summed E-state index contributed by atoms with van der Waals surface area (Å²) in [6, 6.07) is 4.21. The third-order valence-electron chi connectivity index (χ3n) is 5.46. The number of methoxy groups -OCH3 is 2. The highest BCUT2D eigenvalue weighted by atomic mass is 16.5. The Morgan fingerprint density at radius 1 is 0.914 bits per heavy atom. The summed E-state index contributed by atoms with van der Waals surface area (Å²) in [4.78, 5) is 54.2. The Morgan fingerprint density at radius 2 is 1.51 bits per heavy atom. The first kappa shape index (κ1) is 27.7. The van der Waals surface area contributed by atoms with Crippen LogP contribution in [-0.2, 0) is 20.7 Å². The SMILES string of the molecule is COC(=O)[C@H](Cc1ccc(OC)cc1)NC(=O)[C@@H]1CN(C(=O)NC(C)C)CCN1C(=O)NC(C)C. The number of esters is 1. The molecule has 1 saturated heterocycles. The van der Waals surface area contributed by atoms with Crippen LogP contribution in [0.15, 0.2) is 24.3 Å². The van der Waals surface area contributed by atoms with Crippen LogP contribution in [0.1, 0.15) is 33.3 Å². The fourth-order valence-electron chi connectivity index (χ4n) is 3.70. The van der Waals surface area contributed by atoms with E-state index in [0.717, 1.165) is 5.56 Å². The number of carbonyl (C=O) groups excluding carboxylic acids is 4. The molecule has 0 aliphatic carbocycles. The fourth-order valence-corrected chi connectivity index (χ4v) is 3.70. The Kier molecular flexibility index (Phi) is 10.2. The van der Waals surface area contributed by atoms with Crippen molar-refractivity contribution in [2.75, 3.05) is 33.9 Å². The van der Waals surface area contributed by atoms with Crippen LogP contribution in [0.5, 0.6) is 5.75 Å². The van der Waals surface area contributed by atoms with Crippen LogP contribution in [0.4, 0.5) is 9.59 Å². The molecule has 35 heavy (non-hydrogen) atoms. The van der Waals surface area contributed by atoms with Gasteiger partial charge in [0.05, 0.1) is 20.8 Å². The Labute approximate surface area is 206 Å². The molecule has 0 unspecified atom stereocenters. The summed E-state index contributed by atoms with van der Waals surface area (Å²) in [5, 5.41) is 8.33. The second-order valence-electron chi connectivity index (χ2n) is 9.00. The van der Waals surface area contributed by atoms with Crippen molar-refractivity contribution in [1.82, 2.24) is 25.8 Å². The highest BCUT2D eigenvalue weighted by Crippen LogP contribution is 2.15. The van der Waals surface area contributed by atoms with Crippen molar-refractivity contribution in [3.63, 3.8) is 0 Å². The van der Waals surface area contributed by atoms with Gasteiger partial charge < -0.3 is 35.2 Å². The van der Waals surface area contributed by atoms with Crippen LogP contribution < -0.4 is 20.7 Å². The largest absolute Gasteiger partial charge is 0.497 e. The van der Waals surface area contributed by atoms with E-state index in [9.17, 15) is 19.2 Å². The lowest BCUT2D eigenvalue weighted by atomic mass is 10.0. The molecule has 0 aromatic heterocycles. The fraction of sp³-hybridized carbons (Fsp3) is 0.583. The van der Waals surface area contributed by atoms with Crippen molar-refractivity contribution in [3.8, 4) is 5.75 Å². The highest BCUT2D eigenvalue weighted by molar-refractivity contribution is 5.91. The maximum atomic E-state index is 13.4. The molecular weight excluding hydrogens is 454 g/mol. The van der Waals surface area contributed by atoms with Gasteiger partial charge in [-0.25, -0.2) is 14.4 Å². The van der Waals surface area contributed by atoms with Gasteiger partial charge >= 0.3 is 18.0 Å². The first-order valence-electron chi connectivity index (χ1n) is 11.7. The molecule has 2 rings (SSSR count). The molecule has 1 aromatic carbocycles. The van der Waals surface area contributed by atoms with Crippen molar-refractivity contribution in [3.05, 3.63) is 29.8 Å². The lowest BCUT2D eigenvalue weighted by Crippen LogP contribution is -2.65. The van der Waals surface area contributed by atoms with Gasteiger partial charge in [0.15, 0.2) is 0 Å². The van der Waals surface area contributed by atoms with Gasteiger partial charge in [-0.15, -0.1) is 0 Å². The van der Waals surface area contributed by atoms with Crippen LogP contribution in [0.25, 0.3) is 0 Å². The van der Waals surface area contributed by atoms with Crippen molar-refractivity contribution in [2.24, 2.45) is 0 Å². The van der Waals surface area contributed by atoms with Gasteiger partial charge in [-0.05, 0) is 45.4 Å². The number of hydrogen-bond acceptors (Lipinski definition) is 6. The molecule has 1 heterocycles. The van der Waals surface area contributed by atoms with E-state index < -0.39 is 30.0 Å². The normalized spacial score (nSPS) is 16.5. The minimum atomic E-state index is -0.983. The van der Waals surface area contributed by atoms with E-state index in [-0.39, 0.29) is 44.2 Å². The number of urea groups is 2. The molecule has 194 valence electrons. The monoisotopic (exact) mass is 491 g/mol. The molecule has 1 fully saturated rings. The van der Waals surface area contributed by atoms with Gasteiger partial charge in [0.2, 0.25) is 5.91 Å². The second kappa shape index (κ2) is 12.8. The van der Waals surface area contributed by atoms with E-state index >= 15 is 0 Å². The van der Waals surface area contributed by atoms with Crippen LogP contribution in [0.2, 0.25) is 0 Å². The molecular formula is C24H37N5O6. The molecule has 0 saturated carbocycles. The van der Waals surface area contributed by atoms with Crippen LogP contribution in [0.3, 0.4) is 0 Å². The number of hydrogen-bond donors (Lipinski definition) is 3. The Morgan fingerprint density at radius 3 is 2.06 bits per heavy atom. The number of ether oxygens (including phenoxy) is 2. The number of piperazine rings is 1. The lowest BCUT2D eigenvalue weighted by Gasteiger charge is -2.41. The zero-order valence-corrected chi connectivity index (χ0v) is 21.3. The molecule has 0 radical (unpaired) electrons. The number of amides is 5. The summed E-state index contributed by atoms with van der Waals surface area (Å²) in [5.74, 6) is -0.492. The molecule has 1 aliphatic rings. The molecule has 11 heteroatoms. The van der Waals surface area contributed by atoms with Gasteiger partial charge in [0, 0.05) is 31.6 Å². The average molecular weight is 492 g/mol. The van der Waals surface area contributed by atoms with Gasteiger partial charge in [0.25, 0.3) is 0 Å². The lowest BCUT2D eigenvalue weighted by molar-refractivity contribution is -0.145. The first-order chi connectivity index (χ1) is 16.5. The standard InChI is InChI=1S/C24H37N5O6/c1-15(2)25-23(32)28-11-12-29(24(33)26-16(3)4)20(14-28)21(30)27-19(22(31)35-6)13-17-7-9-18(34-5)10-8-17/h7-10,15-16,19-20H,11-14H2,1-6H3,(H,25,32)(H,26,33)(H,27,30)/t19-,20-/m0/s1. The van der Waals surface area contributed by atoms with Crippen molar-refractivity contribution >= 4 is 23.9 Å². The average Bonchev–Trinajstić information content (AvgIpc) is 2.82. The Bertz CT molecular complexity index is 889. The van der Waals surface area contributed by atoms with Crippen LogP contribution >= 0.6 is 0 Å². The zero-order chi connectivity index (χ0) is 26.1. The predicted octanol–water partition coefficient (Wildman–Crippen LogP) is 1.12. The van der Waals surface area contributed by atoms with E-state index in [2.05, 4.69) is 16.0 Å². The number of rotatable bonds is 8. The summed E-state index contributed by atoms with van der Waals surface area (Å²) >= 11 is 0. The van der Waals surface area contributed by atoms with Crippen molar-refractivity contribution < 1.29 is 28.7 Å². The molecule has 0 spiro atoms. The van der Waals surface area contributed by atoms with Crippen LogP contribution in [-0.4, -0.2) is 91.8 Å². The van der Waals surface area contributed by atoms with Gasteiger partial charge in [-0.1, -0.05) is 12.1 Å². The highest BCUT2D eigenvalue weighted by Gasteiger charge is 2.38. The van der Waals surface area contributed by atoms with E-state index in [1.807, 2.05) is 27.7 Å². The van der Waals surface area contributed by atoms with Gasteiger partial charge in [-0.3, -0.25) is 4.79 Å². The number of nitrogens with one attached hydrogen (secondary N) is 3. The van der Waals surface area contributed by atoms with Crippen molar-refractivity contribution in [1.29, 1.82) is 0 Å². The summed E-state index contributed by atoms with van der Waals surface area (Å²) in [5.41, 5.74) is 0.789. The summed E-state index contributed by atoms with van der Waals surface area (Å²) in [6.45, 7) is 7.77. The van der Waals surface area contributed by atoms with Gasteiger partial charge in [0.1, 0.15) is 17.8 Å². The maximum Gasteiger partial charge on any atom is 0.328 e. The van der Waals surface area contributed by atoms with Crippen LogP contribution in [0, 0.1) is 0 Å². The number of nitrogens with zero attached hydrogens (tertiary/aromatic N) is 2. The molecule has 2 atom stereocenters. The smallest absolute Gasteiger partial charge is 0.328 e. The third kappa shape index (κ3) is 8.04. The molecule has 1 aromatic rings. The van der Waals surface area contributed by atoms with E-state index in [4.69, 9.17) is 9.47 Å². The number of carbonyl (C=O) groups is 4. The van der Waals surface area contributed by atoms with Gasteiger partial charge in [-0.2, -0.15) is 0 Å². The topological polar surface area (TPSA) is 129 Å². The minimum Gasteiger partial charge on any atom is -0.497 e. The molecule has 5 amide bonds. The Hall–Kier alpha value is -3.50. The van der Waals surface area contributed by atoms with E-state index in [0.29, 0.717) is 5.75 Å². The summed E-state index contributed by atoms with van der Waals surface area (Å²) in [7, 11) is 2.80.